The van der Waals surface area contributed by atoms with E-state index in [0.717, 1.165) is 15.4 Å². The van der Waals surface area contributed by atoms with Gasteiger partial charge in [-0.2, -0.15) is 0 Å². The molecule has 0 fully saturated rings. The molecule has 0 bridgehead atoms. The van der Waals surface area contributed by atoms with Crippen molar-refractivity contribution in [3.63, 3.8) is 0 Å². The average molecular weight is 555 g/mol. The number of nitrogens with zero attached hydrogens (tertiary/aromatic N) is 2. The van der Waals surface area contributed by atoms with Crippen molar-refractivity contribution in [3.05, 3.63) is 0 Å². The first kappa shape index (κ1) is 38.9. The Morgan fingerprint density at radius 2 is 0.769 bits per heavy atom. The molecule has 0 amide bonds. The van der Waals surface area contributed by atoms with Crippen LogP contribution in [0.25, 0.3) is 0 Å². The molecule has 0 spiro atoms. The number of aliphatic hydroxyl groups is 1. The number of rotatable bonds is 30. The predicted octanol–water partition coefficient (Wildman–Crippen LogP) is 10.3. The summed E-state index contributed by atoms with van der Waals surface area (Å²) in [6, 6.07) is 0.379. The van der Waals surface area contributed by atoms with Crippen molar-refractivity contribution in [2.75, 3.05) is 47.8 Å². The second-order valence-electron chi connectivity index (χ2n) is 14.3. The van der Waals surface area contributed by atoms with Crippen LogP contribution in [0.2, 0.25) is 0 Å². The molecule has 0 aromatic heterocycles. The van der Waals surface area contributed by atoms with Crippen LogP contribution in [0.4, 0.5) is 0 Å². The molecule has 236 valence electrons. The van der Waals surface area contributed by atoms with E-state index in [1.165, 1.54) is 167 Å². The normalized spacial score (nSPS) is 14.2. The van der Waals surface area contributed by atoms with Crippen molar-refractivity contribution in [3.8, 4) is 0 Å². The van der Waals surface area contributed by atoms with Crippen LogP contribution in [0.15, 0.2) is 0 Å². The number of quaternary nitrogens is 2. The quantitative estimate of drug-likeness (QED) is 0.0691. The maximum absolute atomic E-state index is 11.4. The Morgan fingerprint density at radius 1 is 0.410 bits per heavy atom. The van der Waals surface area contributed by atoms with Gasteiger partial charge in [0.25, 0.3) is 0 Å². The van der Waals surface area contributed by atoms with Gasteiger partial charge in [-0.1, -0.05) is 130 Å². The highest BCUT2D eigenvalue weighted by molar-refractivity contribution is 4.71. The molecule has 1 N–H and O–H groups in total. The number of unbranched alkanes of at least 4 members (excludes halogenated alkanes) is 18. The fraction of sp³-hybridized carbons (Fsp3) is 1.00. The summed E-state index contributed by atoms with van der Waals surface area (Å²) in [6.07, 6.45) is 31.9. The van der Waals surface area contributed by atoms with E-state index in [1.54, 1.807) is 0 Å². The minimum Gasteiger partial charge on any atom is -0.387 e. The maximum Gasteiger partial charge on any atom is 0.115 e. The molecule has 39 heavy (non-hydrogen) atoms. The van der Waals surface area contributed by atoms with Crippen molar-refractivity contribution >= 4 is 0 Å². The Hall–Kier alpha value is -0.120. The first-order valence-electron chi connectivity index (χ1n) is 18.0. The Kier molecular flexibility index (Phi) is 25.5. The summed E-state index contributed by atoms with van der Waals surface area (Å²) in [5.41, 5.74) is 0. The molecule has 0 heterocycles. The first-order valence-corrected chi connectivity index (χ1v) is 18.0. The summed E-state index contributed by atoms with van der Waals surface area (Å²) < 4.78 is 2.14. The van der Waals surface area contributed by atoms with Gasteiger partial charge in [-0.3, -0.25) is 0 Å². The standard InChI is InChI=1S/C36H78N2O/c1-8-11-14-17-19-21-24-27-32-37(4,5)33-29-30-35(36(39)31-26-23-16-13-10-3)38(6,7)34-28-25-22-20-18-15-12-9-2/h35-36,39H,8-34H2,1-7H3/q+2. The molecule has 2 unspecified atom stereocenters. The lowest BCUT2D eigenvalue weighted by atomic mass is 9.95. The lowest BCUT2D eigenvalue weighted by molar-refractivity contribution is -0.920. The molecule has 3 nitrogen and oxygen atoms in total. The highest BCUT2D eigenvalue weighted by atomic mass is 16.3. The van der Waals surface area contributed by atoms with Crippen LogP contribution in [0.1, 0.15) is 175 Å². The van der Waals surface area contributed by atoms with Gasteiger partial charge in [0.2, 0.25) is 0 Å². The molecule has 0 saturated carbocycles. The molecule has 0 aliphatic heterocycles. The molecule has 2 atom stereocenters. The maximum atomic E-state index is 11.4. The van der Waals surface area contributed by atoms with Crippen molar-refractivity contribution < 1.29 is 14.1 Å². The third-order valence-electron chi connectivity index (χ3n) is 9.41. The van der Waals surface area contributed by atoms with Gasteiger partial charge in [-0.05, 0) is 32.1 Å². The number of likely N-dealkylation sites (N-methyl/N-ethyl adjacent to an activating group) is 1. The zero-order valence-corrected chi connectivity index (χ0v) is 28.6. The first-order chi connectivity index (χ1) is 18.7. The van der Waals surface area contributed by atoms with Gasteiger partial charge in [-0.25, -0.2) is 0 Å². The van der Waals surface area contributed by atoms with Crippen LogP contribution < -0.4 is 0 Å². The smallest absolute Gasteiger partial charge is 0.115 e. The summed E-state index contributed by atoms with van der Waals surface area (Å²) in [5, 5.41) is 11.4. The summed E-state index contributed by atoms with van der Waals surface area (Å²) in [7, 11) is 9.68. The third kappa shape index (κ3) is 23.2. The van der Waals surface area contributed by atoms with E-state index in [0.29, 0.717) is 6.04 Å². The fourth-order valence-electron chi connectivity index (χ4n) is 6.49. The van der Waals surface area contributed by atoms with Gasteiger partial charge in [0.05, 0.1) is 47.8 Å². The number of hydrogen-bond acceptors (Lipinski definition) is 1. The Morgan fingerprint density at radius 3 is 1.23 bits per heavy atom. The van der Waals surface area contributed by atoms with E-state index >= 15 is 0 Å². The van der Waals surface area contributed by atoms with Gasteiger partial charge in [0, 0.05) is 12.8 Å². The topological polar surface area (TPSA) is 20.2 Å². The largest absolute Gasteiger partial charge is 0.387 e. The molecule has 3 heteroatoms. The van der Waals surface area contributed by atoms with Gasteiger partial charge < -0.3 is 14.1 Å². The molecule has 0 rings (SSSR count). The molecule has 0 aromatic carbocycles. The summed E-state index contributed by atoms with van der Waals surface area (Å²) in [5.74, 6) is 0. The van der Waals surface area contributed by atoms with Gasteiger partial charge in [0.1, 0.15) is 12.1 Å². The van der Waals surface area contributed by atoms with Crippen molar-refractivity contribution in [2.24, 2.45) is 0 Å². The molecular formula is C36H78N2O+2. The van der Waals surface area contributed by atoms with Crippen LogP contribution in [-0.4, -0.2) is 74.0 Å². The van der Waals surface area contributed by atoms with Crippen molar-refractivity contribution in [1.82, 2.24) is 0 Å². The van der Waals surface area contributed by atoms with Crippen LogP contribution in [-0.2, 0) is 0 Å². The van der Waals surface area contributed by atoms with E-state index in [4.69, 9.17) is 0 Å². The van der Waals surface area contributed by atoms with Crippen LogP contribution >= 0.6 is 0 Å². The molecular weight excluding hydrogens is 476 g/mol. The van der Waals surface area contributed by atoms with E-state index in [-0.39, 0.29) is 6.10 Å². The number of aliphatic hydroxyl groups excluding tert-OH is 1. The zero-order valence-electron chi connectivity index (χ0n) is 28.6. The lowest BCUT2D eigenvalue weighted by Gasteiger charge is -2.41. The SMILES string of the molecule is CCCCCCCCCC[N+](C)(C)CCCC(C(O)CCCCCCC)[N+](C)(C)CCCCCCCCCC. The molecule has 0 saturated heterocycles. The molecule has 0 aromatic rings. The van der Waals surface area contributed by atoms with E-state index in [2.05, 4.69) is 49.0 Å². The van der Waals surface area contributed by atoms with E-state index in [9.17, 15) is 5.11 Å². The second-order valence-corrected chi connectivity index (χ2v) is 14.3. The van der Waals surface area contributed by atoms with Crippen LogP contribution in [0.3, 0.4) is 0 Å². The fourth-order valence-corrected chi connectivity index (χ4v) is 6.49. The number of hydrogen-bond donors (Lipinski definition) is 1. The monoisotopic (exact) mass is 555 g/mol. The van der Waals surface area contributed by atoms with E-state index in [1.807, 2.05) is 0 Å². The van der Waals surface area contributed by atoms with Crippen LogP contribution in [0, 0.1) is 0 Å². The third-order valence-corrected chi connectivity index (χ3v) is 9.41. The van der Waals surface area contributed by atoms with Crippen LogP contribution in [0.5, 0.6) is 0 Å². The molecule has 0 aliphatic rings. The summed E-state index contributed by atoms with van der Waals surface area (Å²) in [6.45, 7) is 10.6. The summed E-state index contributed by atoms with van der Waals surface area (Å²) >= 11 is 0. The highest BCUT2D eigenvalue weighted by Crippen LogP contribution is 2.23. The van der Waals surface area contributed by atoms with E-state index < -0.39 is 0 Å². The lowest BCUT2D eigenvalue weighted by Crippen LogP contribution is -2.55. The average Bonchev–Trinajstić information content (AvgIpc) is 2.89. The highest BCUT2D eigenvalue weighted by Gasteiger charge is 2.34. The minimum absolute atomic E-state index is 0.154. The Labute approximate surface area is 248 Å². The van der Waals surface area contributed by atoms with Gasteiger partial charge in [-0.15, -0.1) is 0 Å². The predicted molar refractivity (Wildman–Crippen MR) is 176 cm³/mol. The van der Waals surface area contributed by atoms with Crippen molar-refractivity contribution in [1.29, 1.82) is 0 Å². The zero-order chi connectivity index (χ0) is 29.2. The Bertz CT molecular complexity index is 504. The molecule has 0 aliphatic carbocycles. The Balaban J connectivity index is 4.62. The van der Waals surface area contributed by atoms with Gasteiger partial charge in [0.15, 0.2) is 0 Å². The van der Waals surface area contributed by atoms with Crippen molar-refractivity contribution in [2.45, 2.75) is 187 Å². The molecule has 0 radical (unpaired) electrons. The summed E-state index contributed by atoms with van der Waals surface area (Å²) in [4.78, 5) is 0. The second kappa shape index (κ2) is 25.6. The minimum atomic E-state index is -0.154. The van der Waals surface area contributed by atoms with Gasteiger partial charge >= 0.3 is 0 Å².